The number of nitrogens with one attached hydrogen (secondary N) is 1. The fraction of sp³-hybridized carbons (Fsp3) is 0.375. The van der Waals surface area contributed by atoms with Crippen molar-refractivity contribution in [3.8, 4) is 0 Å². The van der Waals surface area contributed by atoms with Gasteiger partial charge >= 0.3 is 0 Å². The number of aryl methyl sites for hydroxylation is 2. The highest BCUT2D eigenvalue weighted by Crippen LogP contribution is 2.32. The molecule has 0 atom stereocenters. The van der Waals surface area contributed by atoms with Crippen LogP contribution in [-0.4, -0.2) is 9.97 Å². The summed E-state index contributed by atoms with van der Waals surface area (Å²) < 4.78 is 0. The van der Waals surface area contributed by atoms with E-state index in [0.717, 1.165) is 29.7 Å². The summed E-state index contributed by atoms with van der Waals surface area (Å²) in [6, 6.07) is 8.08. The van der Waals surface area contributed by atoms with Crippen LogP contribution < -0.4 is 5.32 Å². The first-order valence-electron chi connectivity index (χ1n) is 6.98. The standard InChI is InChI=1S/C16H18ClN3/c1-10-3-6-13(11(2)7-10)18-16-9-14(17)19-15(20-16)8-12-4-5-12/h3,6-7,9,12H,4-5,8H2,1-2H3,(H,18,19,20). The molecule has 1 aromatic carbocycles. The van der Waals surface area contributed by atoms with Gasteiger partial charge in [-0.15, -0.1) is 0 Å². The molecule has 0 unspecified atom stereocenters. The summed E-state index contributed by atoms with van der Waals surface area (Å²) in [5, 5.41) is 3.84. The zero-order chi connectivity index (χ0) is 14.1. The molecule has 1 fully saturated rings. The number of hydrogen-bond donors (Lipinski definition) is 1. The van der Waals surface area contributed by atoms with Gasteiger partial charge in [0.1, 0.15) is 16.8 Å². The van der Waals surface area contributed by atoms with Crippen LogP contribution in [0.15, 0.2) is 24.3 Å². The molecular formula is C16H18ClN3. The number of aromatic nitrogens is 2. The third-order valence-electron chi connectivity index (χ3n) is 3.55. The summed E-state index contributed by atoms with van der Waals surface area (Å²) in [4.78, 5) is 8.87. The van der Waals surface area contributed by atoms with Crippen molar-refractivity contribution in [1.82, 2.24) is 9.97 Å². The zero-order valence-electron chi connectivity index (χ0n) is 11.8. The summed E-state index contributed by atoms with van der Waals surface area (Å²) in [6.45, 7) is 4.18. The smallest absolute Gasteiger partial charge is 0.135 e. The monoisotopic (exact) mass is 287 g/mol. The van der Waals surface area contributed by atoms with Gasteiger partial charge in [0.2, 0.25) is 0 Å². The quantitative estimate of drug-likeness (QED) is 0.845. The lowest BCUT2D eigenvalue weighted by molar-refractivity contribution is 0.771. The third-order valence-corrected chi connectivity index (χ3v) is 3.75. The lowest BCUT2D eigenvalue weighted by atomic mass is 10.1. The molecule has 3 nitrogen and oxygen atoms in total. The van der Waals surface area contributed by atoms with Crippen molar-refractivity contribution in [2.75, 3.05) is 5.32 Å². The summed E-state index contributed by atoms with van der Waals surface area (Å²) in [6.07, 6.45) is 3.51. The Morgan fingerprint density at radius 2 is 2.00 bits per heavy atom. The number of halogens is 1. The van der Waals surface area contributed by atoms with Gasteiger partial charge in [-0.05, 0) is 44.2 Å². The highest BCUT2D eigenvalue weighted by Gasteiger charge is 2.23. The Hall–Kier alpha value is -1.61. The van der Waals surface area contributed by atoms with Crippen LogP contribution in [0.25, 0.3) is 0 Å². The molecule has 1 heterocycles. The molecule has 0 spiro atoms. The molecule has 0 amide bonds. The van der Waals surface area contributed by atoms with Crippen molar-refractivity contribution in [2.45, 2.75) is 33.1 Å². The van der Waals surface area contributed by atoms with Crippen molar-refractivity contribution in [1.29, 1.82) is 0 Å². The van der Waals surface area contributed by atoms with Gasteiger partial charge in [0.25, 0.3) is 0 Å². The Bertz CT molecular complexity index is 636. The average molecular weight is 288 g/mol. The summed E-state index contributed by atoms with van der Waals surface area (Å²) in [5.74, 6) is 2.36. The minimum absolute atomic E-state index is 0.503. The molecule has 1 aromatic heterocycles. The zero-order valence-corrected chi connectivity index (χ0v) is 12.5. The van der Waals surface area contributed by atoms with Gasteiger partial charge in [0.05, 0.1) is 0 Å². The van der Waals surface area contributed by atoms with Gasteiger partial charge in [-0.2, -0.15) is 0 Å². The van der Waals surface area contributed by atoms with Crippen molar-refractivity contribution in [2.24, 2.45) is 5.92 Å². The predicted octanol–water partition coefficient (Wildman–Crippen LogP) is 4.44. The van der Waals surface area contributed by atoms with E-state index in [1.54, 1.807) is 6.07 Å². The van der Waals surface area contributed by atoms with E-state index in [9.17, 15) is 0 Å². The van der Waals surface area contributed by atoms with E-state index >= 15 is 0 Å². The fourth-order valence-corrected chi connectivity index (χ4v) is 2.49. The van der Waals surface area contributed by atoms with Gasteiger partial charge < -0.3 is 5.32 Å². The number of benzene rings is 1. The van der Waals surface area contributed by atoms with Gasteiger partial charge in [-0.1, -0.05) is 29.3 Å². The number of anilines is 2. The van der Waals surface area contributed by atoms with Crippen LogP contribution in [0.1, 0.15) is 29.8 Å². The van der Waals surface area contributed by atoms with Crippen LogP contribution in [0.4, 0.5) is 11.5 Å². The molecular weight excluding hydrogens is 270 g/mol. The van der Waals surface area contributed by atoms with Gasteiger partial charge in [-0.25, -0.2) is 9.97 Å². The molecule has 2 aromatic rings. The molecule has 20 heavy (non-hydrogen) atoms. The lowest BCUT2D eigenvalue weighted by Crippen LogP contribution is -2.02. The highest BCUT2D eigenvalue weighted by atomic mass is 35.5. The molecule has 0 saturated heterocycles. The van der Waals surface area contributed by atoms with E-state index in [-0.39, 0.29) is 0 Å². The molecule has 1 N–H and O–H groups in total. The van der Waals surface area contributed by atoms with Gasteiger partial charge in [0.15, 0.2) is 0 Å². The number of hydrogen-bond acceptors (Lipinski definition) is 3. The minimum Gasteiger partial charge on any atom is -0.340 e. The number of rotatable bonds is 4. The second-order valence-electron chi connectivity index (χ2n) is 5.58. The molecule has 3 rings (SSSR count). The average Bonchev–Trinajstić information content (AvgIpc) is 3.16. The van der Waals surface area contributed by atoms with E-state index in [4.69, 9.17) is 11.6 Å². The molecule has 4 heteroatoms. The Kier molecular flexibility index (Phi) is 3.62. The van der Waals surface area contributed by atoms with Crippen molar-refractivity contribution in [3.05, 3.63) is 46.4 Å². The second kappa shape index (κ2) is 5.41. The summed E-state index contributed by atoms with van der Waals surface area (Å²) in [5.41, 5.74) is 3.51. The van der Waals surface area contributed by atoms with Crippen molar-refractivity contribution < 1.29 is 0 Å². The van der Waals surface area contributed by atoms with Crippen LogP contribution >= 0.6 is 11.6 Å². The molecule has 1 aliphatic carbocycles. The first-order valence-corrected chi connectivity index (χ1v) is 7.36. The Balaban J connectivity index is 1.83. The predicted molar refractivity (Wildman–Crippen MR) is 82.7 cm³/mol. The normalized spacial score (nSPS) is 14.3. The van der Waals surface area contributed by atoms with Crippen LogP contribution in [0.3, 0.4) is 0 Å². The van der Waals surface area contributed by atoms with Crippen molar-refractivity contribution >= 4 is 23.1 Å². The van der Waals surface area contributed by atoms with Crippen molar-refractivity contribution in [3.63, 3.8) is 0 Å². The van der Waals surface area contributed by atoms with Crippen LogP contribution in [-0.2, 0) is 6.42 Å². The molecule has 1 aliphatic rings. The molecule has 104 valence electrons. The van der Waals surface area contributed by atoms with E-state index in [1.807, 2.05) is 0 Å². The SMILES string of the molecule is Cc1ccc(Nc2cc(Cl)nc(CC3CC3)n2)c(C)c1. The maximum absolute atomic E-state index is 6.09. The second-order valence-corrected chi connectivity index (χ2v) is 5.97. The summed E-state index contributed by atoms with van der Waals surface area (Å²) >= 11 is 6.09. The van der Waals surface area contributed by atoms with E-state index in [0.29, 0.717) is 5.15 Å². The highest BCUT2D eigenvalue weighted by molar-refractivity contribution is 6.29. The molecule has 0 bridgehead atoms. The van der Waals surface area contributed by atoms with Gasteiger partial charge in [0, 0.05) is 18.2 Å². The first-order chi connectivity index (χ1) is 9.60. The fourth-order valence-electron chi connectivity index (χ4n) is 2.29. The maximum Gasteiger partial charge on any atom is 0.135 e. The topological polar surface area (TPSA) is 37.8 Å². The molecule has 1 saturated carbocycles. The van der Waals surface area contributed by atoms with E-state index in [2.05, 4.69) is 47.3 Å². The number of nitrogens with zero attached hydrogens (tertiary/aromatic N) is 2. The molecule has 0 aliphatic heterocycles. The van der Waals surface area contributed by atoms with E-state index < -0.39 is 0 Å². The van der Waals surface area contributed by atoms with Crippen LogP contribution in [0.2, 0.25) is 5.15 Å². The minimum atomic E-state index is 0.503. The lowest BCUT2D eigenvalue weighted by Gasteiger charge is -2.11. The maximum atomic E-state index is 6.09. The largest absolute Gasteiger partial charge is 0.340 e. The third kappa shape index (κ3) is 3.28. The Morgan fingerprint density at radius 1 is 1.20 bits per heavy atom. The molecule has 0 radical (unpaired) electrons. The van der Waals surface area contributed by atoms with Crippen LogP contribution in [0.5, 0.6) is 0 Å². The summed E-state index contributed by atoms with van der Waals surface area (Å²) in [7, 11) is 0. The van der Waals surface area contributed by atoms with E-state index in [1.165, 1.54) is 24.0 Å². The Labute approximate surface area is 124 Å². The first kappa shape index (κ1) is 13.4. The van der Waals surface area contributed by atoms with Crippen LogP contribution in [0, 0.1) is 19.8 Å². The van der Waals surface area contributed by atoms with Gasteiger partial charge in [-0.3, -0.25) is 0 Å². The Morgan fingerprint density at radius 3 is 2.70 bits per heavy atom.